The second-order valence-corrected chi connectivity index (χ2v) is 6.37. The average Bonchev–Trinajstić information content (AvgIpc) is 2.76. The second kappa shape index (κ2) is 9.27. The number of carbonyl (C=O) groups excluding carboxylic acids is 3. The van der Waals surface area contributed by atoms with Gasteiger partial charge in [0, 0.05) is 11.4 Å². The highest BCUT2D eigenvalue weighted by Crippen LogP contribution is 2.27. The van der Waals surface area contributed by atoms with Crippen LogP contribution in [-0.4, -0.2) is 22.8 Å². The number of nitrogens with one attached hydrogen (secondary N) is 2. The van der Waals surface area contributed by atoms with Crippen LogP contribution in [-0.2, 0) is 4.79 Å². The SMILES string of the molecule is C=CC(=O)Nc1ccc(O)c(C(=O)Nc2ccc(Oc3ccccc3C(N)=O)cc2)c1. The summed E-state index contributed by atoms with van der Waals surface area (Å²) in [6.07, 6.45) is 1.10. The molecule has 0 unspecified atom stereocenters. The third-order valence-electron chi connectivity index (χ3n) is 4.19. The van der Waals surface area contributed by atoms with E-state index in [1.54, 1.807) is 48.5 Å². The average molecular weight is 417 g/mol. The maximum absolute atomic E-state index is 12.6. The number of primary amides is 1. The number of hydrogen-bond donors (Lipinski definition) is 4. The molecule has 31 heavy (non-hydrogen) atoms. The van der Waals surface area contributed by atoms with Crippen LogP contribution in [0.2, 0.25) is 0 Å². The molecule has 0 aliphatic heterocycles. The van der Waals surface area contributed by atoms with Crippen molar-refractivity contribution in [1.82, 2.24) is 0 Å². The lowest BCUT2D eigenvalue weighted by Crippen LogP contribution is -2.13. The molecule has 8 heteroatoms. The molecule has 3 rings (SSSR count). The molecule has 0 aliphatic carbocycles. The first kappa shape index (κ1) is 21.1. The molecule has 0 radical (unpaired) electrons. The minimum absolute atomic E-state index is 0.0161. The van der Waals surface area contributed by atoms with Crippen molar-refractivity contribution in [3.63, 3.8) is 0 Å². The Bertz CT molecular complexity index is 1160. The van der Waals surface area contributed by atoms with Crippen molar-refractivity contribution in [3.8, 4) is 17.2 Å². The molecule has 0 saturated carbocycles. The number of phenolic OH excluding ortho intramolecular Hbond substituents is 1. The zero-order valence-electron chi connectivity index (χ0n) is 16.3. The zero-order chi connectivity index (χ0) is 22.4. The lowest BCUT2D eigenvalue weighted by Gasteiger charge is -2.11. The van der Waals surface area contributed by atoms with Crippen molar-refractivity contribution < 1.29 is 24.2 Å². The first-order valence-corrected chi connectivity index (χ1v) is 9.12. The van der Waals surface area contributed by atoms with Gasteiger partial charge in [-0.1, -0.05) is 18.7 Å². The number of rotatable bonds is 7. The van der Waals surface area contributed by atoms with E-state index in [1.165, 1.54) is 18.2 Å². The van der Waals surface area contributed by atoms with Gasteiger partial charge in [-0.3, -0.25) is 14.4 Å². The highest BCUT2D eigenvalue weighted by molar-refractivity contribution is 6.07. The fourth-order valence-corrected chi connectivity index (χ4v) is 2.68. The number of aromatic hydroxyl groups is 1. The number of hydrogen-bond acceptors (Lipinski definition) is 5. The molecule has 8 nitrogen and oxygen atoms in total. The van der Waals surface area contributed by atoms with Gasteiger partial charge >= 0.3 is 0 Å². The Balaban J connectivity index is 1.72. The van der Waals surface area contributed by atoms with Crippen molar-refractivity contribution in [2.45, 2.75) is 0 Å². The van der Waals surface area contributed by atoms with Crippen molar-refractivity contribution in [1.29, 1.82) is 0 Å². The second-order valence-electron chi connectivity index (χ2n) is 6.37. The third kappa shape index (κ3) is 5.27. The Hall–Kier alpha value is -4.59. The molecular weight excluding hydrogens is 398 g/mol. The van der Waals surface area contributed by atoms with Crippen molar-refractivity contribution in [2.75, 3.05) is 10.6 Å². The van der Waals surface area contributed by atoms with Gasteiger partial charge in [-0.2, -0.15) is 0 Å². The number of ether oxygens (including phenoxy) is 1. The van der Waals surface area contributed by atoms with E-state index < -0.39 is 17.7 Å². The summed E-state index contributed by atoms with van der Waals surface area (Å²) in [5.41, 5.74) is 6.36. The fraction of sp³-hybridized carbons (Fsp3) is 0. The molecule has 0 spiro atoms. The normalized spacial score (nSPS) is 10.1. The summed E-state index contributed by atoms with van der Waals surface area (Å²) in [5, 5.41) is 15.2. The van der Waals surface area contributed by atoms with Gasteiger partial charge in [0.25, 0.3) is 11.8 Å². The molecule has 0 aliphatic rings. The topological polar surface area (TPSA) is 131 Å². The molecular formula is C23H19N3O5. The summed E-state index contributed by atoms with van der Waals surface area (Å²) >= 11 is 0. The molecule has 0 bridgehead atoms. The van der Waals surface area contributed by atoms with E-state index in [4.69, 9.17) is 10.5 Å². The van der Waals surface area contributed by atoms with Gasteiger partial charge in [0.15, 0.2) is 0 Å². The molecule has 0 heterocycles. The minimum Gasteiger partial charge on any atom is -0.507 e. The molecule has 5 N–H and O–H groups in total. The van der Waals surface area contributed by atoms with Crippen LogP contribution in [0.5, 0.6) is 17.2 Å². The summed E-state index contributed by atoms with van der Waals surface area (Å²) in [6, 6.07) is 17.1. The van der Waals surface area contributed by atoms with Gasteiger partial charge < -0.3 is 26.2 Å². The minimum atomic E-state index is -0.606. The monoisotopic (exact) mass is 417 g/mol. The molecule has 3 aromatic carbocycles. The Morgan fingerprint density at radius 2 is 1.58 bits per heavy atom. The van der Waals surface area contributed by atoms with Gasteiger partial charge in [-0.15, -0.1) is 0 Å². The van der Waals surface area contributed by atoms with Gasteiger partial charge in [0.2, 0.25) is 5.91 Å². The number of phenols is 1. The maximum Gasteiger partial charge on any atom is 0.259 e. The van der Waals surface area contributed by atoms with Crippen molar-refractivity contribution >= 4 is 29.1 Å². The summed E-state index contributed by atoms with van der Waals surface area (Å²) in [7, 11) is 0. The van der Waals surface area contributed by atoms with Gasteiger partial charge in [-0.05, 0) is 60.7 Å². The van der Waals surface area contributed by atoms with Gasteiger partial charge in [0.05, 0.1) is 11.1 Å². The Kier molecular flexibility index (Phi) is 6.32. The van der Waals surface area contributed by atoms with Crippen LogP contribution in [0.3, 0.4) is 0 Å². The van der Waals surface area contributed by atoms with Crippen molar-refractivity contribution in [3.05, 3.63) is 90.5 Å². The van der Waals surface area contributed by atoms with Crippen LogP contribution in [0.15, 0.2) is 79.4 Å². The largest absolute Gasteiger partial charge is 0.507 e. The Morgan fingerprint density at radius 1 is 0.903 bits per heavy atom. The standard InChI is InChI=1S/C23H19N3O5/c1-2-21(28)25-15-9-12-19(27)18(13-15)23(30)26-14-7-10-16(11-8-14)31-20-6-4-3-5-17(20)22(24)29/h2-13,27H,1H2,(H2,24,29)(H,25,28)(H,26,30). The number of benzene rings is 3. The molecule has 0 aromatic heterocycles. The number of anilines is 2. The molecule has 0 atom stereocenters. The van der Waals surface area contributed by atoms with Crippen LogP contribution in [0.4, 0.5) is 11.4 Å². The van der Waals surface area contributed by atoms with Crippen LogP contribution in [0.1, 0.15) is 20.7 Å². The van der Waals surface area contributed by atoms with Gasteiger partial charge in [0.1, 0.15) is 17.2 Å². The van der Waals surface area contributed by atoms with Crippen LogP contribution >= 0.6 is 0 Å². The summed E-state index contributed by atoms with van der Waals surface area (Å²) in [5.74, 6) is -1.10. The molecule has 0 fully saturated rings. The smallest absolute Gasteiger partial charge is 0.259 e. The molecule has 0 saturated heterocycles. The summed E-state index contributed by atoms with van der Waals surface area (Å²) in [4.78, 5) is 35.5. The highest BCUT2D eigenvalue weighted by atomic mass is 16.5. The Labute approximate surface area is 178 Å². The predicted molar refractivity (Wildman–Crippen MR) is 116 cm³/mol. The predicted octanol–water partition coefficient (Wildman–Crippen LogP) is 3.66. The van der Waals surface area contributed by atoms with E-state index >= 15 is 0 Å². The van der Waals surface area contributed by atoms with Crippen LogP contribution in [0, 0.1) is 0 Å². The number of amides is 3. The zero-order valence-corrected chi connectivity index (χ0v) is 16.3. The van der Waals surface area contributed by atoms with Crippen LogP contribution in [0.25, 0.3) is 0 Å². The number of carbonyl (C=O) groups is 3. The lowest BCUT2D eigenvalue weighted by atomic mass is 10.1. The molecule has 3 amide bonds. The van der Waals surface area contributed by atoms with Gasteiger partial charge in [-0.25, -0.2) is 0 Å². The molecule has 3 aromatic rings. The van der Waals surface area contributed by atoms with E-state index in [9.17, 15) is 19.5 Å². The fourth-order valence-electron chi connectivity index (χ4n) is 2.68. The first-order chi connectivity index (χ1) is 14.9. The van der Waals surface area contributed by atoms with E-state index in [0.717, 1.165) is 6.08 Å². The number of para-hydroxylation sites is 1. The van der Waals surface area contributed by atoms with E-state index in [1.807, 2.05) is 0 Å². The quantitative estimate of drug-likeness (QED) is 0.344. The highest BCUT2D eigenvalue weighted by Gasteiger charge is 2.14. The van der Waals surface area contributed by atoms with Crippen LogP contribution < -0.4 is 21.1 Å². The molecule has 156 valence electrons. The summed E-state index contributed by atoms with van der Waals surface area (Å²) < 4.78 is 5.70. The van der Waals surface area contributed by atoms with E-state index in [-0.39, 0.29) is 16.9 Å². The lowest BCUT2D eigenvalue weighted by molar-refractivity contribution is -0.111. The van der Waals surface area contributed by atoms with Crippen molar-refractivity contribution in [2.24, 2.45) is 5.73 Å². The third-order valence-corrected chi connectivity index (χ3v) is 4.19. The maximum atomic E-state index is 12.6. The number of nitrogens with two attached hydrogens (primary N) is 1. The van der Waals surface area contributed by atoms with E-state index in [2.05, 4.69) is 17.2 Å². The summed E-state index contributed by atoms with van der Waals surface area (Å²) in [6.45, 7) is 3.36. The Morgan fingerprint density at radius 3 is 2.26 bits per heavy atom. The van der Waals surface area contributed by atoms with E-state index in [0.29, 0.717) is 22.9 Å². The first-order valence-electron chi connectivity index (χ1n) is 9.12.